The summed E-state index contributed by atoms with van der Waals surface area (Å²) in [6, 6.07) is 8.85. The third kappa shape index (κ3) is 2.95. The van der Waals surface area contributed by atoms with Gasteiger partial charge >= 0.3 is 6.03 Å². The van der Waals surface area contributed by atoms with Crippen molar-refractivity contribution >= 4 is 39.7 Å². The first-order chi connectivity index (χ1) is 9.72. The zero-order valence-electron chi connectivity index (χ0n) is 10.6. The summed E-state index contributed by atoms with van der Waals surface area (Å²) in [5.74, 6) is 0. The number of halogens is 1. The molecule has 6 heteroatoms. The number of rotatable bonds is 2. The molecule has 2 aromatic rings. The first-order valence-electron chi connectivity index (χ1n) is 6.24. The lowest BCUT2D eigenvalue weighted by Gasteiger charge is -2.10. The van der Waals surface area contributed by atoms with E-state index >= 15 is 0 Å². The second-order valence-electron chi connectivity index (χ2n) is 4.42. The van der Waals surface area contributed by atoms with E-state index in [-0.39, 0.29) is 6.03 Å². The van der Waals surface area contributed by atoms with Gasteiger partial charge in [-0.3, -0.25) is 5.32 Å². The first-order valence-corrected chi connectivity index (χ1v) is 7.43. The Morgan fingerprint density at radius 1 is 1.30 bits per heavy atom. The number of hydrogen-bond acceptors (Lipinski definition) is 3. The van der Waals surface area contributed by atoms with Crippen molar-refractivity contribution in [3.63, 3.8) is 0 Å². The number of carbonyl (C=O) groups is 1. The molecule has 4 nitrogen and oxygen atoms in total. The van der Waals surface area contributed by atoms with Crippen LogP contribution in [-0.4, -0.2) is 12.6 Å². The molecule has 1 aromatic carbocycles. The van der Waals surface area contributed by atoms with Gasteiger partial charge in [-0.1, -0.05) is 23.7 Å². The Bertz CT molecular complexity index is 618. The number of benzene rings is 1. The molecule has 0 spiro atoms. The summed E-state index contributed by atoms with van der Waals surface area (Å²) in [7, 11) is 0. The summed E-state index contributed by atoms with van der Waals surface area (Å²) in [6.45, 7) is 1.38. The van der Waals surface area contributed by atoms with E-state index in [1.165, 1.54) is 10.4 Å². The van der Waals surface area contributed by atoms with Gasteiger partial charge in [0.25, 0.3) is 0 Å². The van der Waals surface area contributed by atoms with Gasteiger partial charge < -0.3 is 10.1 Å². The van der Waals surface area contributed by atoms with Gasteiger partial charge in [-0.25, -0.2) is 4.79 Å². The van der Waals surface area contributed by atoms with Crippen LogP contribution in [0.25, 0.3) is 0 Å². The molecule has 0 aliphatic carbocycles. The molecule has 3 rings (SSSR count). The Hall–Kier alpha value is -1.56. The van der Waals surface area contributed by atoms with Crippen molar-refractivity contribution in [3.05, 3.63) is 45.8 Å². The second kappa shape index (κ2) is 5.83. The maximum absolute atomic E-state index is 11.9. The molecule has 0 fully saturated rings. The zero-order chi connectivity index (χ0) is 13.9. The van der Waals surface area contributed by atoms with Gasteiger partial charge in [0, 0.05) is 4.88 Å². The fraction of sp³-hybridized carbons (Fsp3) is 0.214. The van der Waals surface area contributed by atoms with Crippen LogP contribution in [0.3, 0.4) is 0 Å². The van der Waals surface area contributed by atoms with E-state index in [0.717, 1.165) is 18.0 Å². The van der Waals surface area contributed by atoms with Crippen LogP contribution in [0.1, 0.15) is 10.4 Å². The number of nitrogens with one attached hydrogen (secondary N) is 2. The van der Waals surface area contributed by atoms with Crippen LogP contribution in [-0.2, 0) is 17.8 Å². The Morgan fingerprint density at radius 3 is 2.95 bits per heavy atom. The SMILES string of the molecule is O=C(Nc1cc2c(s1)COCC2)Nc1ccccc1Cl. The minimum atomic E-state index is -0.294. The normalized spacial score (nSPS) is 13.7. The van der Waals surface area contributed by atoms with E-state index in [9.17, 15) is 4.79 Å². The van der Waals surface area contributed by atoms with Gasteiger partial charge in [0.15, 0.2) is 0 Å². The van der Waals surface area contributed by atoms with Crippen LogP contribution >= 0.6 is 22.9 Å². The number of ether oxygens (including phenoxy) is 1. The van der Waals surface area contributed by atoms with Crippen LogP contribution < -0.4 is 10.6 Å². The Kier molecular flexibility index (Phi) is 3.91. The molecule has 1 aromatic heterocycles. The monoisotopic (exact) mass is 308 g/mol. The summed E-state index contributed by atoms with van der Waals surface area (Å²) in [6.07, 6.45) is 0.902. The lowest BCUT2D eigenvalue weighted by atomic mass is 10.2. The number of hydrogen-bond donors (Lipinski definition) is 2. The molecule has 2 N–H and O–H groups in total. The topological polar surface area (TPSA) is 50.4 Å². The lowest BCUT2D eigenvalue weighted by Crippen LogP contribution is -2.18. The highest BCUT2D eigenvalue weighted by Crippen LogP contribution is 2.31. The molecular formula is C14H13ClN2O2S. The molecule has 1 aliphatic heterocycles. The number of para-hydroxylation sites is 1. The van der Waals surface area contributed by atoms with E-state index in [1.54, 1.807) is 23.5 Å². The molecule has 1 aliphatic rings. The molecule has 0 saturated heterocycles. The summed E-state index contributed by atoms with van der Waals surface area (Å²) < 4.78 is 5.39. The molecule has 0 unspecified atom stereocenters. The number of fused-ring (bicyclic) bond motifs is 1. The molecule has 0 saturated carbocycles. The Morgan fingerprint density at radius 2 is 2.15 bits per heavy atom. The van der Waals surface area contributed by atoms with E-state index in [1.807, 2.05) is 18.2 Å². The van der Waals surface area contributed by atoms with Crippen LogP contribution in [0.2, 0.25) is 5.02 Å². The van der Waals surface area contributed by atoms with E-state index < -0.39 is 0 Å². The maximum Gasteiger partial charge on any atom is 0.324 e. The van der Waals surface area contributed by atoms with Crippen molar-refractivity contribution in [2.75, 3.05) is 17.2 Å². The lowest BCUT2D eigenvalue weighted by molar-refractivity contribution is 0.113. The third-order valence-corrected chi connectivity index (χ3v) is 4.40. The molecular weight excluding hydrogens is 296 g/mol. The third-order valence-electron chi connectivity index (χ3n) is 3.00. The van der Waals surface area contributed by atoms with Gasteiger partial charge in [-0.2, -0.15) is 0 Å². The van der Waals surface area contributed by atoms with Crippen molar-refractivity contribution in [2.45, 2.75) is 13.0 Å². The highest BCUT2D eigenvalue weighted by atomic mass is 35.5. The summed E-state index contributed by atoms with van der Waals surface area (Å²) in [4.78, 5) is 13.1. The summed E-state index contributed by atoms with van der Waals surface area (Å²) in [5.41, 5.74) is 1.85. The highest BCUT2D eigenvalue weighted by molar-refractivity contribution is 7.16. The van der Waals surface area contributed by atoms with E-state index in [0.29, 0.717) is 17.3 Å². The van der Waals surface area contributed by atoms with Gasteiger partial charge in [0.2, 0.25) is 0 Å². The van der Waals surface area contributed by atoms with Crippen molar-refractivity contribution in [2.24, 2.45) is 0 Å². The smallest absolute Gasteiger partial charge is 0.324 e. The van der Waals surface area contributed by atoms with Crippen molar-refractivity contribution in [1.82, 2.24) is 0 Å². The van der Waals surface area contributed by atoms with Crippen LogP contribution in [0.5, 0.6) is 0 Å². The average Bonchev–Trinajstić information content (AvgIpc) is 2.83. The largest absolute Gasteiger partial charge is 0.376 e. The molecule has 104 valence electrons. The van der Waals surface area contributed by atoms with Gasteiger partial charge in [0.1, 0.15) is 0 Å². The molecule has 0 atom stereocenters. The standard InChI is InChI=1S/C14H13ClN2O2S/c15-10-3-1-2-4-11(10)16-14(18)17-13-7-9-5-6-19-8-12(9)20-13/h1-4,7H,5-6,8H2,(H2,16,17,18). The molecule has 0 radical (unpaired) electrons. The summed E-state index contributed by atoms with van der Waals surface area (Å²) >= 11 is 7.55. The number of urea groups is 1. The predicted octanol–water partition coefficient (Wildman–Crippen LogP) is 4.12. The van der Waals surface area contributed by atoms with Gasteiger partial charge in [0.05, 0.1) is 28.9 Å². The number of anilines is 2. The maximum atomic E-state index is 11.9. The van der Waals surface area contributed by atoms with Crippen LogP contribution in [0.15, 0.2) is 30.3 Å². The molecule has 20 heavy (non-hydrogen) atoms. The van der Waals surface area contributed by atoms with Gasteiger partial charge in [-0.05, 0) is 30.2 Å². The number of carbonyl (C=O) groups excluding carboxylic acids is 1. The van der Waals surface area contributed by atoms with E-state index in [2.05, 4.69) is 10.6 Å². The van der Waals surface area contributed by atoms with E-state index in [4.69, 9.17) is 16.3 Å². The first kappa shape index (κ1) is 13.4. The quantitative estimate of drug-likeness (QED) is 0.877. The average molecular weight is 309 g/mol. The summed E-state index contributed by atoms with van der Waals surface area (Å²) in [5, 5.41) is 6.90. The molecule has 2 heterocycles. The van der Waals surface area contributed by atoms with Crippen molar-refractivity contribution in [1.29, 1.82) is 0 Å². The fourth-order valence-corrected chi connectivity index (χ4v) is 3.26. The van der Waals surface area contributed by atoms with Crippen LogP contribution in [0.4, 0.5) is 15.5 Å². The van der Waals surface area contributed by atoms with Gasteiger partial charge in [-0.15, -0.1) is 11.3 Å². The minimum absolute atomic E-state index is 0.294. The van der Waals surface area contributed by atoms with Crippen molar-refractivity contribution < 1.29 is 9.53 Å². The number of amides is 2. The molecule has 0 bridgehead atoms. The predicted molar refractivity (Wildman–Crippen MR) is 81.8 cm³/mol. The second-order valence-corrected chi connectivity index (χ2v) is 5.96. The zero-order valence-corrected chi connectivity index (χ0v) is 12.2. The highest BCUT2D eigenvalue weighted by Gasteiger charge is 2.15. The van der Waals surface area contributed by atoms with Crippen LogP contribution in [0, 0.1) is 0 Å². The van der Waals surface area contributed by atoms with Crippen molar-refractivity contribution in [3.8, 4) is 0 Å². The molecule has 2 amide bonds. The fourth-order valence-electron chi connectivity index (χ4n) is 2.04. The Balaban J connectivity index is 1.67. The Labute approximate surface area is 125 Å². The minimum Gasteiger partial charge on any atom is -0.376 e. The number of thiophene rings is 1.